The van der Waals surface area contributed by atoms with Crippen molar-refractivity contribution in [3.63, 3.8) is 0 Å². The minimum absolute atomic E-state index is 0.458. The molecule has 20 heavy (non-hydrogen) atoms. The lowest BCUT2D eigenvalue weighted by atomic mass is 10.1. The second-order valence-corrected chi connectivity index (χ2v) is 5.80. The number of anilines is 1. The van der Waals surface area contributed by atoms with Gasteiger partial charge in [-0.3, -0.25) is 0 Å². The van der Waals surface area contributed by atoms with Gasteiger partial charge in [0.2, 0.25) is 0 Å². The molecule has 3 rings (SSSR count). The van der Waals surface area contributed by atoms with Crippen LogP contribution >= 0.6 is 34.2 Å². The van der Waals surface area contributed by atoms with Gasteiger partial charge in [0.05, 0.1) is 14.3 Å². The first-order valence-electron chi connectivity index (χ1n) is 5.95. The molecule has 0 atom stereocenters. The Morgan fingerprint density at radius 2 is 2.00 bits per heavy atom. The fraction of sp³-hybridized carbons (Fsp3) is 0.231. The van der Waals surface area contributed by atoms with Crippen molar-refractivity contribution in [3.05, 3.63) is 26.4 Å². The molecule has 1 aliphatic rings. The number of aromatic nitrogens is 2. The molecule has 1 aliphatic heterocycles. The Morgan fingerprint density at radius 3 is 2.75 bits per heavy atom. The summed E-state index contributed by atoms with van der Waals surface area (Å²) in [6.45, 7) is 2.89. The number of hydrogen-bond acceptors (Lipinski definition) is 5. The van der Waals surface area contributed by atoms with Crippen molar-refractivity contribution in [2.24, 2.45) is 0 Å². The Morgan fingerprint density at radius 1 is 1.25 bits per heavy atom. The zero-order valence-corrected chi connectivity index (χ0v) is 13.5. The number of nitrogens with zero attached hydrogens (tertiary/aromatic N) is 2. The van der Waals surface area contributed by atoms with Crippen molar-refractivity contribution < 1.29 is 9.47 Å². The van der Waals surface area contributed by atoms with Gasteiger partial charge in [-0.25, -0.2) is 9.97 Å². The van der Waals surface area contributed by atoms with E-state index in [4.69, 9.17) is 26.8 Å². The number of halogens is 2. The van der Waals surface area contributed by atoms with E-state index in [9.17, 15) is 0 Å². The van der Waals surface area contributed by atoms with Crippen LogP contribution in [0.15, 0.2) is 12.1 Å². The second-order valence-electron chi connectivity index (χ2n) is 4.31. The van der Waals surface area contributed by atoms with Crippen LogP contribution in [-0.2, 0) is 0 Å². The van der Waals surface area contributed by atoms with Crippen LogP contribution in [0.5, 0.6) is 11.5 Å². The fourth-order valence-corrected chi connectivity index (χ4v) is 2.46. The topological polar surface area (TPSA) is 70.3 Å². The van der Waals surface area contributed by atoms with Crippen LogP contribution in [0.1, 0.15) is 5.69 Å². The highest BCUT2D eigenvalue weighted by Crippen LogP contribution is 2.40. The predicted molar refractivity (Wildman–Crippen MR) is 85.3 cm³/mol. The van der Waals surface area contributed by atoms with Gasteiger partial charge in [-0.2, -0.15) is 0 Å². The lowest BCUT2D eigenvalue weighted by Gasteiger charge is -2.20. The van der Waals surface area contributed by atoms with Crippen molar-refractivity contribution >= 4 is 40.0 Å². The number of fused-ring (bicyclic) bond motifs is 1. The van der Waals surface area contributed by atoms with Gasteiger partial charge in [0.1, 0.15) is 19.0 Å². The van der Waals surface area contributed by atoms with E-state index in [0.717, 1.165) is 14.8 Å². The summed E-state index contributed by atoms with van der Waals surface area (Å²) in [4.78, 5) is 8.74. The molecule has 0 unspecified atom stereocenters. The number of benzene rings is 1. The molecule has 0 bridgehead atoms. The average Bonchev–Trinajstić information content (AvgIpc) is 2.44. The van der Waals surface area contributed by atoms with Gasteiger partial charge in [0.15, 0.2) is 17.3 Å². The van der Waals surface area contributed by atoms with Crippen LogP contribution in [-0.4, -0.2) is 23.2 Å². The van der Waals surface area contributed by atoms with E-state index in [1.807, 2.05) is 13.0 Å². The largest absolute Gasteiger partial charge is 0.486 e. The monoisotopic (exact) mass is 403 g/mol. The van der Waals surface area contributed by atoms with Crippen LogP contribution in [0.25, 0.3) is 11.4 Å². The molecule has 0 radical (unpaired) electrons. The fourth-order valence-electron chi connectivity index (χ4n) is 1.95. The molecular weight excluding hydrogens is 393 g/mol. The molecule has 2 heterocycles. The summed E-state index contributed by atoms with van der Waals surface area (Å²) >= 11 is 8.34. The first-order chi connectivity index (χ1) is 9.56. The van der Waals surface area contributed by atoms with Crippen molar-refractivity contribution in [1.82, 2.24) is 9.97 Å². The number of nitrogen functional groups attached to an aromatic ring is 1. The molecule has 0 aliphatic carbocycles. The maximum atomic E-state index is 6.21. The predicted octanol–water partition coefficient (Wildman–Crippen LogP) is 3.06. The molecule has 104 valence electrons. The third-order valence-electron chi connectivity index (χ3n) is 2.90. The van der Waals surface area contributed by atoms with Gasteiger partial charge >= 0.3 is 0 Å². The van der Waals surface area contributed by atoms with Crippen molar-refractivity contribution in [1.29, 1.82) is 0 Å². The Balaban J connectivity index is 2.13. The third kappa shape index (κ3) is 2.37. The number of hydrogen-bond donors (Lipinski definition) is 1. The molecule has 2 N–H and O–H groups in total. The van der Waals surface area contributed by atoms with Gasteiger partial charge in [-0.1, -0.05) is 11.6 Å². The third-order valence-corrected chi connectivity index (χ3v) is 4.51. The normalized spacial score (nSPS) is 13.3. The van der Waals surface area contributed by atoms with Gasteiger partial charge < -0.3 is 15.2 Å². The Bertz CT molecular complexity index is 671. The van der Waals surface area contributed by atoms with Crippen LogP contribution in [0.3, 0.4) is 0 Å². The van der Waals surface area contributed by atoms with Gasteiger partial charge in [-0.15, -0.1) is 0 Å². The minimum atomic E-state index is 0.458. The molecule has 7 heteroatoms. The lowest BCUT2D eigenvalue weighted by Crippen LogP contribution is -2.15. The van der Waals surface area contributed by atoms with Crippen molar-refractivity contribution in [3.8, 4) is 22.9 Å². The molecule has 1 aromatic carbocycles. The number of ether oxygens (including phenoxy) is 2. The summed E-state index contributed by atoms with van der Waals surface area (Å²) in [5.74, 6) is 2.16. The quantitative estimate of drug-likeness (QED) is 0.741. The molecule has 0 amide bonds. The van der Waals surface area contributed by atoms with Gasteiger partial charge in [-0.05, 0) is 41.6 Å². The summed E-state index contributed by atoms with van der Waals surface area (Å²) in [6, 6.07) is 3.58. The average molecular weight is 404 g/mol. The van der Waals surface area contributed by atoms with E-state index in [1.54, 1.807) is 6.07 Å². The maximum absolute atomic E-state index is 6.21. The first-order valence-corrected chi connectivity index (χ1v) is 7.41. The highest BCUT2D eigenvalue weighted by atomic mass is 127. The summed E-state index contributed by atoms with van der Waals surface area (Å²) in [7, 11) is 0. The van der Waals surface area contributed by atoms with Crippen molar-refractivity contribution in [2.75, 3.05) is 18.9 Å². The zero-order chi connectivity index (χ0) is 14.3. The Kier molecular flexibility index (Phi) is 3.59. The molecule has 0 spiro atoms. The van der Waals surface area contributed by atoms with E-state index in [-0.39, 0.29) is 0 Å². The maximum Gasteiger partial charge on any atom is 0.179 e. The number of aryl methyl sites for hydroxylation is 1. The molecule has 0 fully saturated rings. The van der Waals surface area contributed by atoms with E-state index in [2.05, 4.69) is 32.6 Å². The molecular formula is C13H11ClIN3O2. The van der Waals surface area contributed by atoms with Crippen molar-refractivity contribution in [2.45, 2.75) is 6.92 Å². The van der Waals surface area contributed by atoms with E-state index in [1.165, 1.54) is 0 Å². The first kappa shape index (κ1) is 13.7. The number of nitrogens with two attached hydrogens (primary N) is 1. The Hall–Kier alpha value is -1.28. The SMILES string of the molecule is Cc1nc(-c2cc(Cl)c3c(c2)OCCO3)nc(N)c1I. The van der Waals surface area contributed by atoms with Crippen LogP contribution < -0.4 is 15.2 Å². The van der Waals surface area contributed by atoms with Gasteiger partial charge in [0, 0.05) is 5.56 Å². The molecule has 2 aromatic rings. The molecule has 1 aromatic heterocycles. The summed E-state index contributed by atoms with van der Waals surface area (Å²) in [5.41, 5.74) is 7.47. The standard InChI is InChI=1S/C13H11ClIN3O2/c1-6-10(15)12(16)18-13(17-6)7-4-8(14)11-9(5-7)19-2-3-20-11/h4-5H,2-3H2,1H3,(H2,16,17,18). The second kappa shape index (κ2) is 5.25. The zero-order valence-electron chi connectivity index (χ0n) is 10.6. The molecule has 0 saturated carbocycles. The van der Waals surface area contributed by atoms with Gasteiger partial charge in [0.25, 0.3) is 0 Å². The summed E-state index contributed by atoms with van der Waals surface area (Å²) in [6.07, 6.45) is 0. The van der Waals surface area contributed by atoms with Crippen LogP contribution in [0, 0.1) is 10.5 Å². The summed E-state index contributed by atoms with van der Waals surface area (Å²) in [5, 5.41) is 0.482. The van der Waals surface area contributed by atoms with Crippen LogP contribution in [0.4, 0.5) is 5.82 Å². The highest BCUT2D eigenvalue weighted by Gasteiger charge is 2.19. The number of rotatable bonds is 1. The lowest BCUT2D eigenvalue weighted by molar-refractivity contribution is 0.172. The Labute approximate surface area is 134 Å². The highest BCUT2D eigenvalue weighted by molar-refractivity contribution is 14.1. The smallest absolute Gasteiger partial charge is 0.179 e. The van der Waals surface area contributed by atoms with E-state index >= 15 is 0 Å². The summed E-state index contributed by atoms with van der Waals surface area (Å²) < 4.78 is 11.9. The van der Waals surface area contributed by atoms with E-state index in [0.29, 0.717) is 41.4 Å². The minimum Gasteiger partial charge on any atom is -0.486 e. The molecule has 5 nitrogen and oxygen atoms in total. The molecule has 0 saturated heterocycles. The van der Waals surface area contributed by atoms with Crippen LogP contribution in [0.2, 0.25) is 5.02 Å². The van der Waals surface area contributed by atoms with E-state index < -0.39 is 0 Å².